The van der Waals surface area contributed by atoms with E-state index in [1.807, 2.05) is 13.8 Å². The summed E-state index contributed by atoms with van der Waals surface area (Å²) < 4.78 is 4.89. The number of nitro groups is 1. The van der Waals surface area contributed by atoms with Crippen LogP contribution in [0.4, 0.5) is 11.5 Å². The lowest BCUT2D eigenvalue weighted by Gasteiger charge is -2.12. The number of ether oxygens (including phenoxy) is 1. The number of pyridine rings is 1. The van der Waals surface area contributed by atoms with Crippen molar-refractivity contribution in [2.24, 2.45) is 0 Å². The molecule has 1 aromatic heterocycles. The third-order valence-electron chi connectivity index (χ3n) is 1.97. The number of methoxy groups -OCH3 is 1. The molecule has 0 unspecified atom stereocenters. The molecule has 0 saturated carbocycles. The number of rotatable bonds is 4. The topological polar surface area (TPSA) is 77.3 Å². The summed E-state index contributed by atoms with van der Waals surface area (Å²) in [4.78, 5) is 14.3. The first-order valence-electron chi connectivity index (χ1n) is 4.92. The van der Waals surface area contributed by atoms with Crippen LogP contribution in [0.2, 0.25) is 0 Å². The number of nitrogens with one attached hydrogen (secondary N) is 1. The molecule has 6 heteroatoms. The van der Waals surface area contributed by atoms with Crippen LogP contribution < -0.4 is 10.1 Å². The largest absolute Gasteiger partial charge is 0.476 e. The van der Waals surface area contributed by atoms with Crippen molar-refractivity contribution in [2.45, 2.75) is 26.8 Å². The Balaban J connectivity index is 3.20. The summed E-state index contributed by atoms with van der Waals surface area (Å²) >= 11 is 0. The van der Waals surface area contributed by atoms with Gasteiger partial charge in [-0.2, -0.15) is 4.98 Å². The van der Waals surface area contributed by atoms with Gasteiger partial charge in [0.1, 0.15) is 5.82 Å². The monoisotopic (exact) mass is 225 g/mol. The van der Waals surface area contributed by atoms with Gasteiger partial charge < -0.3 is 10.1 Å². The summed E-state index contributed by atoms with van der Waals surface area (Å²) in [6, 6.07) is 1.66. The fourth-order valence-corrected chi connectivity index (χ4v) is 1.28. The van der Waals surface area contributed by atoms with Crippen molar-refractivity contribution in [2.75, 3.05) is 12.4 Å². The molecule has 16 heavy (non-hydrogen) atoms. The number of nitrogens with zero attached hydrogens (tertiary/aromatic N) is 2. The first-order chi connectivity index (χ1) is 7.45. The molecule has 0 amide bonds. The standard InChI is InChI=1S/C10H15N3O3/c1-6(2)11-9-7(3)5-8(13(14)15)10(12-9)16-4/h5-6H,1-4H3,(H,11,12). The third kappa shape index (κ3) is 2.59. The molecule has 6 nitrogen and oxygen atoms in total. The summed E-state index contributed by atoms with van der Waals surface area (Å²) in [5, 5.41) is 13.8. The molecular formula is C10H15N3O3. The minimum absolute atomic E-state index is 0.0266. The highest BCUT2D eigenvalue weighted by atomic mass is 16.6. The van der Waals surface area contributed by atoms with Crippen LogP contribution in [-0.4, -0.2) is 23.1 Å². The molecule has 0 fully saturated rings. The summed E-state index contributed by atoms with van der Waals surface area (Å²) in [5.74, 6) is 0.635. The quantitative estimate of drug-likeness (QED) is 0.627. The van der Waals surface area contributed by atoms with Crippen LogP contribution in [0.25, 0.3) is 0 Å². The van der Waals surface area contributed by atoms with Gasteiger partial charge in [0.15, 0.2) is 0 Å². The second-order valence-electron chi connectivity index (χ2n) is 3.74. The van der Waals surface area contributed by atoms with Gasteiger partial charge in [-0.1, -0.05) is 0 Å². The predicted molar refractivity (Wildman–Crippen MR) is 60.9 cm³/mol. The second kappa shape index (κ2) is 4.78. The van der Waals surface area contributed by atoms with Crippen molar-refractivity contribution in [1.29, 1.82) is 0 Å². The molecule has 1 rings (SSSR count). The Kier molecular flexibility index (Phi) is 3.65. The van der Waals surface area contributed by atoms with E-state index in [4.69, 9.17) is 4.74 Å². The second-order valence-corrected chi connectivity index (χ2v) is 3.74. The van der Waals surface area contributed by atoms with E-state index in [1.165, 1.54) is 13.2 Å². The van der Waals surface area contributed by atoms with Gasteiger partial charge in [-0.15, -0.1) is 0 Å². The van der Waals surface area contributed by atoms with Crippen LogP contribution >= 0.6 is 0 Å². The predicted octanol–water partition coefficient (Wildman–Crippen LogP) is 2.13. The molecule has 0 saturated heterocycles. The molecular weight excluding hydrogens is 210 g/mol. The van der Waals surface area contributed by atoms with Crippen LogP contribution in [0, 0.1) is 17.0 Å². The van der Waals surface area contributed by atoms with E-state index >= 15 is 0 Å². The molecule has 88 valence electrons. The van der Waals surface area contributed by atoms with Gasteiger partial charge in [0, 0.05) is 12.1 Å². The maximum Gasteiger partial charge on any atom is 0.331 e. The Hall–Kier alpha value is -1.85. The Morgan fingerprint density at radius 1 is 1.56 bits per heavy atom. The van der Waals surface area contributed by atoms with Gasteiger partial charge in [0.25, 0.3) is 5.88 Å². The Morgan fingerprint density at radius 2 is 2.19 bits per heavy atom. The zero-order valence-electron chi connectivity index (χ0n) is 9.77. The lowest BCUT2D eigenvalue weighted by atomic mass is 10.2. The van der Waals surface area contributed by atoms with E-state index < -0.39 is 4.92 Å². The Labute approximate surface area is 93.8 Å². The van der Waals surface area contributed by atoms with E-state index in [2.05, 4.69) is 10.3 Å². The minimum atomic E-state index is -0.502. The number of aryl methyl sites for hydroxylation is 1. The zero-order chi connectivity index (χ0) is 12.3. The van der Waals surface area contributed by atoms with Gasteiger partial charge in [-0.05, 0) is 26.3 Å². The summed E-state index contributed by atoms with van der Waals surface area (Å²) in [5.41, 5.74) is 0.607. The zero-order valence-corrected chi connectivity index (χ0v) is 9.77. The highest BCUT2D eigenvalue weighted by Crippen LogP contribution is 2.29. The highest BCUT2D eigenvalue weighted by Gasteiger charge is 2.19. The molecule has 0 radical (unpaired) electrons. The van der Waals surface area contributed by atoms with Crippen molar-refractivity contribution in [3.05, 3.63) is 21.7 Å². The summed E-state index contributed by atoms with van der Waals surface area (Å²) in [6.07, 6.45) is 0. The van der Waals surface area contributed by atoms with Gasteiger partial charge >= 0.3 is 5.69 Å². The van der Waals surface area contributed by atoms with Crippen LogP contribution in [0.1, 0.15) is 19.4 Å². The molecule has 0 spiro atoms. The Morgan fingerprint density at radius 3 is 2.62 bits per heavy atom. The van der Waals surface area contributed by atoms with Gasteiger partial charge in [0.2, 0.25) is 0 Å². The van der Waals surface area contributed by atoms with Crippen molar-refractivity contribution < 1.29 is 9.66 Å². The van der Waals surface area contributed by atoms with Crippen LogP contribution in [0.3, 0.4) is 0 Å². The number of aromatic nitrogens is 1. The smallest absolute Gasteiger partial charge is 0.331 e. The SMILES string of the molecule is COc1nc(NC(C)C)c(C)cc1[N+](=O)[O-]. The lowest BCUT2D eigenvalue weighted by molar-refractivity contribution is -0.386. The average Bonchev–Trinajstić information content (AvgIpc) is 2.19. The number of hydrogen-bond acceptors (Lipinski definition) is 5. The van der Waals surface area contributed by atoms with Crippen LogP contribution in [0.5, 0.6) is 5.88 Å². The number of anilines is 1. The molecule has 0 aliphatic carbocycles. The van der Waals surface area contributed by atoms with Gasteiger partial charge in [-0.25, -0.2) is 0 Å². The lowest BCUT2D eigenvalue weighted by Crippen LogP contribution is -2.13. The van der Waals surface area contributed by atoms with Crippen molar-refractivity contribution in [3.8, 4) is 5.88 Å². The maximum absolute atomic E-state index is 10.7. The fraction of sp³-hybridized carbons (Fsp3) is 0.500. The van der Waals surface area contributed by atoms with E-state index in [9.17, 15) is 10.1 Å². The molecule has 0 aliphatic rings. The van der Waals surface area contributed by atoms with E-state index in [1.54, 1.807) is 6.92 Å². The summed E-state index contributed by atoms with van der Waals surface area (Å²) in [7, 11) is 1.36. The van der Waals surface area contributed by atoms with Crippen molar-refractivity contribution >= 4 is 11.5 Å². The van der Waals surface area contributed by atoms with Gasteiger partial charge in [0.05, 0.1) is 12.0 Å². The van der Waals surface area contributed by atoms with E-state index in [-0.39, 0.29) is 17.6 Å². The van der Waals surface area contributed by atoms with Crippen LogP contribution in [0.15, 0.2) is 6.07 Å². The normalized spacial score (nSPS) is 10.3. The highest BCUT2D eigenvalue weighted by molar-refractivity contribution is 5.54. The Bertz CT molecular complexity index is 405. The first-order valence-corrected chi connectivity index (χ1v) is 4.92. The molecule has 0 aromatic carbocycles. The summed E-state index contributed by atoms with van der Waals surface area (Å²) in [6.45, 7) is 5.70. The van der Waals surface area contributed by atoms with Gasteiger partial charge in [-0.3, -0.25) is 10.1 Å². The molecule has 0 bridgehead atoms. The minimum Gasteiger partial charge on any atom is -0.476 e. The molecule has 1 aromatic rings. The molecule has 0 aliphatic heterocycles. The van der Waals surface area contributed by atoms with Crippen molar-refractivity contribution in [1.82, 2.24) is 4.98 Å². The van der Waals surface area contributed by atoms with E-state index in [0.717, 1.165) is 5.56 Å². The third-order valence-corrected chi connectivity index (χ3v) is 1.97. The molecule has 1 heterocycles. The average molecular weight is 225 g/mol. The maximum atomic E-state index is 10.7. The van der Waals surface area contributed by atoms with Crippen molar-refractivity contribution in [3.63, 3.8) is 0 Å². The first kappa shape index (κ1) is 12.2. The van der Waals surface area contributed by atoms with E-state index in [0.29, 0.717) is 5.82 Å². The number of hydrogen-bond donors (Lipinski definition) is 1. The van der Waals surface area contributed by atoms with Crippen LogP contribution in [-0.2, 0) is 0 Å². The fourth-order valence-electron chi connectivity index (χ4n) is 1.28. The molecule has 1 N–H and O–H groups in total. The molecule has 0 atom stereocenters.